The van der Waals surface area contributed by atoms with Crippen LogP contribution in [0.15, 0.2) is 53.4 Å². The Morgan fingerprint density at radius 2 is 1.75 bits per heavy atom. The van der Waals surface area contributed by atoms with Crippen LogP contribution < -0.4 is 14.8 Å². The molecule has 1 amide bonds. The fraction of sp³-hybridized carbons (Fsp3) is 0.316. The largest absolute Gasteiger partial charge is 0.497 e. The predicted molar refractivity (Wildman–Crippen MR) is 97.9 cm³/mol. The van der Waals surface area contributed by atoms with Gasteiger partial charge in [-0.15, -0.1) is 11.8 Å². The van der Waals surface area contributed by atoms with Crippen molar-refractivity contribution in [2.45, 2.75) is 30.0 Å². The van der Waals surface area contributed by atoms with Crippen molar-refractivity contribution in [2.75, 3.05) is 14.2 Å². The Balaban J connectivity index is 2.05. The molecule has 0 unspecified atom stereocenters. The average Bonchev–Trinajstić information content (AvgIpc) is 2.61. The standard InChI is InChI=1S/C19H23NO3S/c1-13(17-12-15(22-3)10-11-18(17)23-4)20-19(21)14(2)24-16-8-6-5-7-9-16/h5-14H,1-4H3,(H,20,21)/t13-,14-/m1/s1. The van der Waals surface area contributed by atoms with Gasteiger partial charge in [-0.2, -0.15) is 0 Å². The summed E-state index contributed by atoms with van der Waals surface area (Å²) < 4.78 is 10.7. The number of hydrogen-bond donors (Lipinski definition) is 1. The summed E-state index contributed by atoms with van der Waals surface area (Å²) in [5.74, 6) is 1.45. The number of carbonyl (C=O) groups is 1. The van der Waals surface area contributed by atoms with Crippen molar-refractivity contribution < 1.29 is 14.3 Å². The van der Waals surface area contributed by atoms with Gasteiger partial charge in [0.1, 0.15) is 11.5 Å². The van der Waals surface area contributed by atoms with Crippen LogP contribution in [0.25, 0.3) is 0 Å². The quantitative estimate of drug-likeness (QED) is 0.769. The molecular weight excluding hydrogens is 322 g/mol. The van der Waals surface area contributed by atoms with Gasteiger partial charge in [0.2, 0.25) is 5.91 Å². The minimum absolute atomic E-state index is 0.0128. The first-order valence-electron chi connectivity index (χ1n) is 7.79. The zero-order chi connectivity index (χ0) is 17.5. The molecule has 0 aliphatic heterocycles. The number of amides is 1. The van der Waals surface area contributed by atoms with Crippen LogP contribution in [-0.4, -0.2) is 25.4 Å². The zero-order valence-electron chi connectivity index (χ0n) is 14.4. The Morgan fingerprint density at radius 1 is 1.04 bits per heavy atom. The molecule has 0 bridgehead atoms. The number of benzene rings is 2. The fourth-order valence-electron chi connectivity index (χ4n) is 2.34. The molecule has 2 aromatic rings. The molecule has 0 spiro atoms. The molecule has 24 heavy (non-hydrogen) atoms. The third kappa shape index (κ3) is 4.68. The van der Waals surface area contributed by atoms with Gasteiger partial charge >= 0.3 is 0 Å². The van der Waals surface area contributed by atoms with Crippen LogP contribution in [-0.2, 0) is 4.79 Å². The third-order valence-corrected chi connectivity index (χ3v) is 4.80. The van der Waals surface area contributed by atoms with Crippen molar-refractivity contribution in [3.63, 3.8) is 0 Å². The maximum Gasteiger partial charge on any atom is 0.233 e. The van der Waals surface area contributed by atoms with Gasteiger partial charge < -0.3 is 14.8 Å². The molecule has 0 fully saturated rings. The maximum absolute atomic E-state index is 12.5. The lowest BCUT2D eigenvalue weighted by Gasteiger charge is -2.20. The number of hydrogen-bond acceptors (Lipinski definition) is 4. The van der Waals surface area contributed by atoms with Gasteiger partial charge in [-0.1, -0.05) is 18.2 Å². The molecule has 2 rings (SSSR count). The number of carbonyl (C=O) groups excluding carboxylic acids is 1. The molecule has 128 valence electrons. The summed E-state index contributed by atoms with van der Waals surface area (Å²) in [4.78, 5) is 13.6. The van der Waals surface area contributed by atoms with Crippen molar-refractivity contribution in [3.8, 4) is 11.5 Å². The average molecular weight is 345 g/mol. The molecule has 0 saturated heterocycles. The molecule has 0 aliphatic carbocycles. The van der Waals surface area contributed by atoms with E-state index in [-0.39, 0.29) is 17.2 Å². The highest BCUT2D eigenvalue weighted by Gasteiger charge is 2.19. The number of rotatable bonds is 7. The molecule has 2 aromatic carbocycles. The number of thioether (sulfide) groups is 1. The van der Waals surface area contributed by atoms with Gasteiger partial charge in [0, 0.05) is 10.5 Å². The first-order chi connectivity index (χ1) is 11.5. The van der Waals surface area contributed by atoms with Crippen molar-refractivity contribution in [1.29, 1.82) is 0 Å². The lowest BCUT2D eigenvalue weighted by molar-refractivity contribution is -0.120. The summed E-state index contributed by atoms with van der Waals surface area (Å²) in [5.41, 5.74) is 0.891. The molecule has 4 nitrogen and oxygen atoms in total. The van der Waals surface area contributed by atoms with E-state index < -0.39 is 0 Å². The van der Waals surface area contributed by atoms with E-state index in [2.05, 4.69) is 5.32 Å². The van der Waals surface area contributed by atoms with Gasteiger partial charge in [0.05, 0.1) is 25.5 Å². The first kappa shape index (κ1) is 18.2. The predicted octanol–water partition coefficient (Wildman–Crippen LogP) is 4.06. The summed E-state index contributed by atoms with van der Waals surface area (Å²) in [7, 11) is 3.24. The second-order valence-electron chi connectivity index (χ2n) is 5.41. The number of ether oxygens (including phenoxy) is 2. The van der Waals surface area contributed by atoms with Gasteiger partial charge in [-0.3, -0.25) is 4.79 Å². The van der Waals surface area contributed by atoms with E-state index >= 15 is 0 Å². The highest BCUT2D eigenvalue weighted by molar-refractivity contribution is 8.00. The van der Waals surface area contributed by atoms with E-state index in [0.717, 1.165) is 22.0 Å². The number of methoxy groups -OCH3 is 2. The summed E-state index contributed by atoms with van der Waals surface area (Å²) in [6, 6.07) is 15.3. The van der Waals surface area contributed by atoms with Crippen molar-refractivity contribution in [2.24, 2.45) is 0 Å². The van der Waals surface area contributed by atoms with Crippen LogP contribution >= 0.6 is 11.8 Å². The van der Waals surface area contributed by atoms with E-state index in [9.17, 15) is 4.79 Å². The van der Waals surface area contributed by atoms with Gasteiger partial charge in [-0.05, 0) is 44.2 Å². The fourth-order valence-corrected chi connectivity index (χ4v) is 3.24. The van der Waals surface area contributed by atoms with Crippen LogP contribution in [0.2, 0.25) is 0 Å². The molecule has 2 atom stereocenters. The Kier molecular flexibility index (Phi) is 6.55. The van der Waals surface area contributed by atoms with Crippen LogP contribution in [0.5, 0.6) is 11.5 Å². The van der Waals surface area contributed by atoms with Crippen LogP contribution in [0.1, 0.15) is 25.5 Å². The van der Waals surface area contributed by atoms with Crippen molar-refractivity contribution in [1.82, 2.24) is 5.32 Å². The molecule has 0 aliphatic rings. The summed E-state index contributed by atoms with van der Waals surface area (Å²) in [6.45, 7) is 3.84. The van der Waals surface area contributed by atoms with E-state index in [4.69, 9.17) is 9.47 Å². The highest BCUT2D eigenvalue weighted by atomic mass is 32.2. The Morgan fingerprint density at radius 3 is 2.38 bits per heavy atom. The molecule has 0 heterocycles. The van der Waals surface area contributed by atoms with E-state index in [1.807, 2.05) is 62.4 Å². The Labute approximate surface area is 147 Å². The lowest BCUT2D eigenvalue weighted by atomic mass is 10.1. The lowest BCUT2D eigenvalue weighted by Crippen LogP contribution is -2.33. The molecular formula is C19H23NO3S. The molecule has 0 radical (unpaired) electrons. The Hall–Kier alpha value is -2.14. The SMILES string of the molecule is COc1ccc(OC)c([C@@H](C)NC(=O)[C@@H](C)Sc2ccccc2)c1. The van der Waals surface area contributed by atoms with Gasteiger partial charge in [-0.25, -0.2) is 0 Å². The molecule has 0 saturated carbocycles. The highest BCUT2D eigenvalue weighted by Crippen LogP contribution is 2.30. The van der Waals surface area contributed by atoms with Crippen LogP contribution in [0.3, 0.4) is 0 Å². The molecule has 0 aromatic heterocycles. The second-order valence-corrected chi connectivity index (χ2v) is 6.83. The summed E-state index contributed by atoms with van der Waals surface area (Å²) in [5, 5.41) is 2.86. The molecule has 5 heteroatoms. The smallest absolute Gasteiger partial charge is 0.233 e. The van der Waals surface area contributed by atoms with Crippen molar-refractivity contribution in [3.05, 3.63) is 54.1 Å². The normalized spacial score (nSPS) is 13.0. The zero-order valence-corrected chi connectivity index (χ0v) is 15.2. The first-order valence-corrected chi connectivity index (χ1v) is 8.67. The van der Waals surface area contributed by atoms with Gasteiger partial charge in [0.25, 0.3) is 0 Å². The minimum Gasteiger partial charge on any atom is -0.497 e. The second kappa shape index (κ2) is 8.64. The minimum atomic E-state index is -0.188. The maximum atomic E-state index is 12.5. The van der Waals surface area contributed by atoms with Crippen LogP contribution in [0.4, 0.5) is 0 Å². The molecule has 1 N–H and O–H groups in total. The Bertz CT molecular complexity index is 676. The topological polar surface area (TPSA) is 47.6 Å². The third-order valence-electron chi connectivity index (χ3n) is 3.69. The number of nitrogens with one attached hydrogen (secondary N) is 1. The van der Waals surface area contributed by atoms with Crippen LogP contribution in [0, 0.1) is 0 Å². The van der Waals surface area contributed by atoms with Crippen molar-refractivity contribution >= 4 is 17.7 Å². The van der Waals surface area contributed by atoms with Gasteiger partial charge in [0.15, 0.2) is 0 Å². The van der Waals surface area contributed by atoms with E-state index in [1.165, 1.54) is 11.8 Å². The summed E-state index contributed by atoms with van der Waals surface area (Å²) in [6.07, 6.45) is 0. The van der Waals surface area contributed by atoms with E-state index in [0.29, 0.717) is 0 Å². The monoisotopic (exact) mass is 345 g/mol. The summed E-state index contributed by atoms with van der Waals surface area (Å²) >= 11 is 1.54. The van der Waals surface area contributed by atoms with E-state index in [1.54, 1.807) is 14.2 Å².